The van der Waals surface area contributed by atoms with Crippen LogP contribution in [0.3, 0.4) is 0 Å². The molecule has 2 aromatic heterocycles. The van der Waals surface area contributed by atoms with Gasteiger partial charge in [-0.15, -0.1) is 0 Å². The molecule has 0 bridgehead atoms. The van der Waals surface area contributed by atoms with E-state index >= 15 is 0 Å². The lowest BCUT2D eigenvalue weighted by molar-refractivity contribution is -0.134. The summed E-state index contributed by atoms with van der Waals surface area (Å²) in [6.45, 7) is 2.59. The van der Waals surface area contributed by atoms with Crippen LogP contribution in [0, 0.1) is 5.82 Å². The summed E-state index contributed by atoms with van der Waals surface area (Å²) in [7, 11) is 0. The summed E-state index contributed by atoms with van der Waals surface area (Å²) in [6.07, 6.45) is 6.71. The molecule has 0 aliphatic carbocycles. The van der Waals surface area contributed by atoms with Crippen LogP contribution in [-0.2, 0) is 4.79 Å². The van der Waals surface area contributed by atoms with Crippen molar-refractivity contribution in [2.75, 3.05) is 11.9 Å². The fraction of sp³-hybridized carbons (Fsp3) is 0.304. The van der Waals surface area contributed by atoms with Crippen LogP contribution in [0.25, 0.3) is 11.3 Å². The number of hydrogen-bond donors (Lipinski definition) is 1. The topological polar surface area (TPSA) is 71.0 Å². The Morgan fingerprint density at radius 3 is 2.77 bits per heavy atom. The predicted molar refractivity (Wildman–Crippen MR) is 114 cm³/mol. The lowest BCUT2D eigenvalue weighted by atomic mass is 10.0. The summed E-state index contributed by atoms with van der Waals surface area (Å²) < 4.78 is 13.6. The molecule has 1 aromatic carbocycles. The number of benzene rings is 1. The Morgan fingerprint density at radius 1 is 1.17 bits per heavy atom. The highest BCUT2D eigenvalue weighted by molar-refractivity contribution is 5.76. The maximum absolute atomic E-state index is 13.6. The molecule has 0 spiro atoms. The molecule has 7 heteroatoms. The second kappa shape index (κ2) is 8.98. The van der Waals surface area contributed by atoms with Gasteiger partial charge in [0.25, 0.3) is 0 Å². The minimum Gasteiger partial charge on any atom is -0.340 e. The van der Waals surface area contributed by atoms with Gasteiger partial charge in [-0.25, -0.2) is 14.4 Å². The summed E-state index contributed by atoms with van der Waals surface area (Å²) in [4.78, 5) is 28.0. The summed E-state index contributed by atoms with van der Waals surface area (Å²) in [5.74, 6) is 0.949. The molecule has 0 unspecified atom stereocenters. The zero-order valence-electron chi connectivity index (χ0n) is 16.9. The summed E-state index contributed by atoms with van der Waals surface area (Å²) >= 11 is 0. The van der Waals surface area contributed by atoms with Crippen LogP contribution in [-0.4, -0.2) is 32.3 Å². The van der Waals surface area contributed by atoms with Gasteiger partial charge in [-0.2, -0.15) is 0 Å². The Hall–Kier alpha value is -3.35. The molecule has 1 N–H and O–H groups in total. The minimum absolute atomic E-state index is 0.109. The van der Waals surface area contributed by atoms with Crippen molar-refractivity contribution in [3.05, 3.63) is 66.5 Å². The van der Waals surface area contributed by atoms with Gasteiger partial charge in [-0.05, 0) is 49.6 Å². The smallest absolute Gasteiger partial charge is 0.222 e. The first-order valence-electron chi connectivity index (χ1n) is 10.3. The number of aromatic nitrogens is 3. The number of carbonyl (C=O) groups excluding carboxylic acids is 1. The van der Waals surface area contributed by atoms with Gasteiger partial charge in [-0.1, -0.05) is 13.0 Å². The first kappa shape index (κ1) is 19.9. The van der Waals surface area contributed by atoms with Gasteiger partial charge < -0.3 is 10.2 Å². The van der Waals surface area contributed by atoms with Crippen LogP contribution < -0.4 is 5.32 Å². The van der Waals surface area contributed by atoms with Crippen molar-refractivity contribution in [1.29, 1.82) is 0 Å². The molecule has 1 fully saturated rings. The van der Waals surface area contributed by atoms with E-state index in [9.17, 15) is 9.18 Å². The highest BCUT2D eigenvalue weighted by Crippen LogP contribution is 2.32. The second-order valence-corrected chi connectivity index (χ2v) is 7.32. The number of anilines is 2. The molecule has 154 valence electrons. The summed E-state index contributed by atoms with van der Waals surface area (Å²) in [6, 6.07) is 11.7. The van der Waals surface area contributed by atoms with Crippen LogP contribution in [0.1, 0.15) is 44.5 Å². The van der Waals surface area contributed by atoms with Gasteiger partial charge in [-0.3, -0.25) is 9.78 Å². The average Bonchev–Trinajstić information content (AvgIpc) is 2.79. The Morgan fingerprint density at radius 2 is 2.00 bits per heavy atom. The third-order valence-electron chi connectivity index (χ3n) is 5.24. The number of piperidine rings is 1. The van der Waals surface area contributed by atoms with Gasteiger partial charge in [0.05, 0.1) is 11.7 Å². The van der Waals surface area contributed by atoms with Crippen molar-refractivity contribution in [3.8, 4) is 11.3 Å². The number of nitrogens with zero attached hydrogens (tertiary/aromatic N) is 4. The molecule has 6 nitrogen and oxygen atoms in total. The molecule has 30 heavy (non-hydrogen) atoms. The van der Waals surface area contributed by atoms with Gasteiger partial charge in [0.1, 0.15) is 11.6 Å². The molecule has 1 atom stereocenters. The standard InChI is InChI=1S/C23H24FN5O/c1-2-22(30)29-13-4-3-8-20(29)23-27-19(16-9-11-25-12-10-16)15-21(28-23)26-18-7-5-6-17(24)14-18/h5-7,9-12,14-15,20H,2-4,8,13H2,1H3,(H,26,27,28)/t20-/m0/s1. The molecule has 1 aliphatic rings. The number of carbonyl (C=O) groups is 1. The number of nitrogens with one attached hydrogen (secondary N) is 1. The SMILES string of the molecule is CCC(=O)N1CCCC[C@H]1c1nc(Nc2cccc(F)c2)cc(-c2ccncc2)n1. The maximum atomic E-state index is 13.6. The van der Waals surface area contributed by atoms with Crippen molar-refractivity contribution in [1.82, 2.24) is 19.9 Å². The Kier molecular flexibility index (Phi) is 5.97. The van der Waals surface area contributed by atoms with Crippen LogP contribution >= 0.6 is 0 Å². The average molecular weight is 405 g/mol. The third-order valence-corrected chi connectivity index (χ3v) is 5.24. The second-order valence-electron chi connectivity index (χ2n) is 7.32. The van der Waals surface area contributed by atoms with Crippen molar-refractivity contribution in [2.24, 2.45) is 0 Å². The Balaban J connectivity index is 1.76. The summed E-state index contributed by atoms with van der Waals surface area (Å²) in [5.41, 5.74) is 2.24. The maximum Gasteiger partial charge on any atom is 0.222 e. The van der Waals surface area contributed by atoms with Gasteiger partial charge in [0.15, 0.2) is 5.82 Å². The van der Waals surface area contributed by atoms with Crippen LogP contribution in [0.2, 0.25) is 0 Å². The highest BCUT2D eigenvalue weighted by atomic mass is 19.1. The summed E-state index contributed by atoms with van der Waals surface area (Å²) in [5, 5.41) is 3.18. The number of rotatable bonds is 5. The van der Waals surface area contributed by atoms with Crippen molar-refractivity contribution < 1.29 is 9.18 Å². The quantitative estimate of drug-likeness (QED) is 0.655. The normalized spacial score (nSPS) is 16.3. The molecular formula is C23H24FN5O. The molecule has 1 aliphatic heterocycles. The van der Waals surface area contributed by atoms with E-state index in [-0.39, 0.29) is 17.8 Å². The largest absolute Gasteiger partial charge is 0.340 e. The number of hydrogen-bond acceptors (Lipinski definition) is 5. The van der Waals surface area contributed by atoms with Crippen molar-refractivity contribution >= 4 is 17.4 Å². The van der Waals surface area contributed by atoms with Gasteiger partial charge in [0, 0.05) is 42.7 Å². The number of halogens is 1. The third kappa shape index (κ3) is 4.45. The van der Waals surface area contributed by atoms with Gasteiger partial charge >= 0.3 is 0 Å². The molecule has 3 aromatic rings. The van der Waals surface area contributed by atoms with E-state index in [0.29, 0.717) is 30.3 Å². The predicted octanol–water partition coefficient (Wildman–Crippen LogP) is 4.88. The number of likely N-dealkylation sites (tertiary alicyclic amines) is 1. The number of pyridine rings is 1. The van der Waals surface area contributed by atoms with E-state index in [1.54, 1.807) is 24.5 Å². The number of amides is 1. The molecule has 0 saturated carbocycles. The highest BCUT2D eigenvalue weighted by Gasteiger charge is 2.29. The lowest BCUT2D eigenvalue weighted by Crippen LogP contribution is -2.39. The van der Waals surface area contributed by atoms with E-state index in [1.165, 1.54) is 12.1 Å². The van der Waals surface area contributed by atoms with Crippen LogP contribution in [0.5, 0.6) is 0 Å². The van der Waals surface area contributed by atoms with Gasteiger partial charge in [0.2, 0.25) is 5.91 Å². The van der Waals surface area contributed by atoms with E-state index in [0.717, 1.165) is 30.5 Å². The van der Waals surface area contributed by atoms with Crippen LogP contribution in [0.15, 0.2) is 54.9 Å². The fourth-order valence-corrected chi connectivity index (χ4v) is 3.77. The molecule has 0 radical (unpaired) electrons. The van der Waals surface area contributed by atoms with E-state index in [2.05, 4.69) is 10.3 Å². The first-order valence-corrected chi connectivity index (χ1v) is 10.3. The van der Waals surface area contributed by atoms with Crippen molar-refractivity contribution in [3.63, 3.8) is 0 Å². The monoisotopic (exact) mass is 405 g/mol. The Bertz CT molecular complexity index is 1030. The molecule has 4 rings (SSSR count). The first-order chi connectivity index (χ1) is 14.6. The zero-order valence-corrected chi connectivity index (χ0v) is 16.9. The van der Waals surface area contributed by atoms with Crippen LogP contribution in [0.4, 0.5) is 15.9 Å². The zero-order chi connectivity index (χ0) is 20.9. The molecular weight excluding hydrogens is 381 g/mol. The minimum atomic E-state index is -0.323. The molecule has 3 heterocycles. The van der Waals surface area contributed by atoms with E-state index < -0.39 is 0 Å². The van der Waals surface area contributed by atoms with Crippen molar-refractivity contribution in [2.45, 2.75) is 38.6 Å². The van der Waals surface area contributed by atoms with E-state index in [4.69, 9.17) is 9.97 Å². The molecule has 1 saturated heterocycles. The molecule has 1 amide bonds. The van der Waals surface area contributed by atoms with E-state index in [1.807, 2.05) is 30.0 Å². The Labute approximate surface area is 175 Å². The fourth-order valence-electron chi connectivity index (χ4n) is 3.77. The lowest BCUT2D eigenvalue weighted by Gasteiger charge is -2.35.